The predicted molar refractivity (Wildman–Crippen MR) is 159 cm³/mol. The Kier molecular flexibility index (Phi) is 7.36. The Bertz CT molecular complexity index is 1690. The summed E-state index contributed by atoms with van der Waals surface area (Å²) in [7, 11) is -1.63. The van der Waals surface area contributed by atoms with E-state index in [2.05, 4.69) is 4.90 Å². The SMILES string of the molecule is Cc1ccc(Cl)cc1N1CCN(C(=O)c2ccc3c(c2)N(Cc2ccc(F)cc2)C(=O)c2ccccc2S3=O)CC1. The summed E-state index contributed by atoms with van der Waals surface area (Å²) in [5, 5.41) is 0.674. The van der Waals surface area contributed by atoms with Gasteiger partial charge in [0.2, 0.25) is 0 Å². The zero-order valence-corrected chi connectivity index (χ0v) is 23.9. The van der Waals surface area contributed by atoms with Gasteiger partial charge in [-0.05, 0) is 72.6 Å². The highest BCUT2D eigenvalue weighted by Crippen LogP contribution is 2.36. The lowest BCUT2D eigenvalue weighted by molar-refractivity contribution is 0.0746. The van der Waals surface area contributed by atoms with E-state index in [0.29, 0.717) is 63.4 Å². The van der Waals surface area contributed by atoms with Crippen LogP contribution in [0.15, 0.2) is 94.7 Å². The van der Waals surface area contributed by atoms with Gasteiger partial charge in [0.15, 0.2) is 0 Å². The number of piperazine rings is 1. The number of anilines is 2. The largest absolute Gasteiger partial charge is 0.368 e. The smallest absolute Gasteiger partial charge is 0.259 e. The fourth-order valence-electron chi connectivity index (χ4n) is 5.38. The van der Waals surface area contributed by atoms with E-state index in [-0.39, 0.29) is 24.2 Å². The van der Waals surface area contributed by atoms with Gasteiger partial charge in [-0.1, -0.05) is 41.9 Å². The van der Waals surface area contributed by atoms with Crippen LogP contribution in [-0.4, -0.2) is 47.1 Å². The normalized spacial score (nSPS) is 16.7. The van der Waals surface area contributed by atoms with Crippen LogP contribution in [0.5, 0.6) is 0 Å². The van der Waals surface area contributed by atoms with Crippen LogP contribution in [0.4, 0.5) is 15.8 Å². The molecule has 1 fully saturated rings. The Morgan fingerprint density at radius 3 is 2.37 bits per heavy atom. The number of fused-ring (bicyclic) bond motifs is 2. The van der Waals surface area contributed by atoms with Crippen LogP contribution in [0, 0.1) is 12.7 Å². The predicted octanol–water partition coefficient (Wildman–Crippen LogP) is 6.08. The number of rotatable bonds is 4. The van der Waals surface area contributed by atoms with Crippen LogP contribution in [0.3, 0.4) is 0 Å². The van der Waals surface area contributed by atoms with Crippen molar-refractivity contribution in [2.45, 2.75) is 23.3 Å². The maximum absolute atomic E-state index is 13.8. The van der Waals surface area contributed by atoms with Gasteiger partial charge in [0.25, 0.3) is 11.8 Å². The molecule has 208 valence electrons. The molecule has 41 heavy (non-hydrogen) atoms. The molecular formula is C32H27ClFN3O3S. The van der Waals surface area contributed by atoms with E-state index in [1.807, 2.05) is 25.1 Å². The molecule has 0 aliphatic carbocycles. The van der Waals surface area contributed by atoms with Crippen molar-refractivity contribution in [3.05, 3.63) is 118 Å². The van der Waals surface area contributed by atoms with Crippen molar-refractivity contribution < 1.29 is 18.2 Å². The van der Waals surface area contributed by atoms with Crippen molar-refractivity contribution in [2.75, 3.05) is 36.0 Å². The average Bonchev–Trinajstić information content (AvgIpc) is 3.08. The molecule has 0 spiro atoms. The standard InChI is InChI=1S/C32H27ClFN3O3S/c1-21-6-10-24(33)19-27(21)35-14-16-36(17-15-35)31(38)23-9-13-30-28(18-23)37(20-22-7-11-25(34)12-8-22)32(39)26-4-2-3-5-29(26)41(30)40/h2-13,18-19H,14-17,20H2,1H3. The molecule has 0 saturated carbocycles. The molecule has 0 N–H and O–H groups in total. The summed E-state index contributed by atoms with van der Waals surface area (Å²) in [6, 6.07) is 23.6. The highest BCUT2D eigenvalue weighted by Gasteiger charge is 2.32. The second kappa shape index (κ2) is 11.1. The van der Waals surface area contributed by atoms with Gasteiger partial charge in [-0.25, -0.2) is 8.60 Å². The molecule has 4 aromatic carbocycles. The maximum atomic E-state index is 13.8. The van der Waals surface area contributed by atoms with Crippen molar-refractivity contribution in [2.24, 2.45) is 0 Å². The third-order valence-electron chi connectivity index (χ3n) is 7.59. The molecule has 0 bridgehead atoms. The summed E-state index contributed by atoms with van der Waals surface area (Å²) < 4.78 is 27.3. The van der Waals surface area contributed by atoms with E-state index in [4.69, 9.17) is 11.6 Å². The summed E-state index contributed by atoms with van der Waals surface area (Å²) in [5.41, 5.74) is 4.06. The van der Waals surface area contributed by atoms with E-state index in [0.717, 1.165) is 11.3 Å². The number of benzene rings is 4. The van der Waals surface area contributed by atoms with Crippen LogP contribution >= 0.6 is 11.6 Å². The van der Waals surface area contributed by atoms with E-state index in [1.165, 1.54) is 17.0 Å². The van der Waals surface area contributed by atoms with E-state index < -0.39 is 10.8 Å². The lowest BCUT2D eigenvalue weighted by Crippen LogP contribution is -2.49. The first-order valence-corrected chi connectivity index (χ1v) is 14.8. The fraction of sp³-hybridized carbons (Fsp3) is 0.188. The topological polar surface area (TPSA) is 60.9 Å². The van der Waals surface area contributed by atoms with E-state index in [9.17, 15) is 18.2 Å². The molecule has 4 aromatic rings. The van der Waals surface area contributed by atoms with Crippen LogP contribution in [-0.2, 0) is 17.3 Å². The monoisotopic (exact) mass is 587 g/mol. The van der Waals surface area contributed by atoms with E-state index >= 15 is 0 Å². The lowest BCUT2D eigenvalue weighted by Gasteiger charge is -2.37. The molecule has 2 amide bonds. The zero-order valence-electron chi connectivity index (χ0n) is 22.3. The molecule has 2 heterocycles. The molecule has 2 aliphatic heterocycles. The van der Waals surface area contributed by atoms with Gasteiger partial charge in [-0.2, -0.15) is 0 Å². The fourth-order valence-corrected chi connectivity index (χ4v) is 6.89. The molecule has 0 aromatic heterocycles. The molecule has 6 rings (SSSR count). The Hall–Kier alpha value is -4.01. The Labute approximate surface area is 245 Å². The van der Waals surface area contributed by atoms with Gasteiger partial charge in [0, 0.05) is 42.5 Å². The number of hydrogen-bond donors (Lipinski definition) is 0. The van der Waals surface area contributed by atoms with Crippen LogP contribution in [0.1, 0.15) is 31.8 Å². The lowest BCUT2D eigenvalue weighted by atomic mass is 10.1. The molecule has 0 radical (unpaired) electrons. The zero-order chi connectivity index (χ0) is 28.7. The van der Waals surface area contributed by atoms with Crippen LogP contribution < -0.4 is 9.80 Å². The van der Waals surface area contributed by atoms with Crippen LogP contribution in [0.2, 0.25) is 5.02 Å². The summed E-state index contributed by atoms with van der Waals surface area (Å²) >= 11 is 6.23. The summed E-state index contributed by atoms with van der Waals surface area (Å²) in [4.78, 5) is 33.9. The molecule has 6 nitrogen and oxygen atoms in total. The van der Waals surface area contributed by atoms with Gasteiger partial charge >= 0.3 is 0 Å². The van der Waals surface area contributed by atoms with Crippen molar-refractivity contribution >= 4 is 45.6 Å². The number of aryl methyl sites for hydroxylation is 1. The number of hydrogen-bond acceptors (Lipinski definition) is 4. The van der Waals surface area contributed by atoms with Crippen molar-refractivity contribution in [1.82, 2.24) is 4.90 Å². The minimum atomic E-state index is -1.63. The van der Waals surface area contributed by atoms with Gasteiger partial charge in [-0.15, -0.1) is 0 Å². The Morgan fingerprint density at radius 1 is 0.878 bits per heavy atom. The number of carbonyl (C=O) groups is 2. The summed E-state index contributed by atoms with van der Waals surface area (Å²) in [6.07, 6.45) is 0. The molecule has 1 saturated heterocycles. The second-order valence-corrected chi connectivity index (χ2v) is 12.0. The number of halogens is 2. The molecule has 2 aliphatic rings. The van der Waals surface area contributed by atoms with Gasteiger partial charge < -0.3 is 14.7 Å². The quantitative estimate of drug-likeness (QED) is 0.290. The maximum Gasteiger partial charge on any atom is 0.259 e. The third kappa shape index (κ3) is 5.25. The van der Waals surface area contributed by atoms with Crippen LogP contribution in [0.25, 0.3) is 0 Å². The highest BCUT2D eigenvalue weighted by atomic mass is 35.5. The van der Waals surface area contributed by atoms with Crippen molar-refractivity contribution in [3.8, 4) is 0 Å². The Balaban J connectivity index is 1.31. The van der Waals surface area contributed by atoms with Crippen molar-refractivity contribution in [1.29, 1.82) is 0 Å². The minimum absolute atomic E-state index is 0.132. The first kappa shape index (κ1) is 27.2. The van der Waals surface area contributed by atoms with Gasteiger partial charge in [0.05, 0.1) is 38.4 Å². The molecule has 1 atom stereocenters. The summed E-state index contributed by atoms with van der Waals surface area (Å²) in [6.45, 7) is 4.54. The average molecular weight is 588 g/mol. The first-order valence-electron chi connectivity index (χ1n) is 13.3. The number of carbonyl (C=O) groups excluding carboxylic acids is 2. The Morgan fingerprint density at radius 2 is 1.61 bits per heavy atom. The van der Waals surface area contributed by atoms with Crippen molar-refractivity contribution in [3.63, 3.8) is 0 Å². The summed E-state index contributed by atoms with van der Waals surface area (Å²) in [5.74, 6) is -0.856. The van der Waals surface area contributed by atoms with E-state index in [1.54, 1.807) is 59.5 Å². The van der Waals surface area contributed by atoms with Gasteiger partial charge in [0.1, 0.15) is 5.82 Å². The molecule has 9 heteroatoms. The number of amides is 2. The highest BCUT2D eigenvalue weighted by molar-refractivity contribution is 7.85. The minimum Gasteiger partial charge on any atom is -0.368 e. The molecule has 1 unspecified atom stereocenters. The van der Waals surface area contributed by atoms with Gasteiger partial charge in [-0.3, -0.25) is 9.59 Å². The third-order valence-corrected chi connectivity index (χ3v) is 9.33. The second-order valence-electron chi connectivity index (χ2n) is 10.2. The first-order chi connectivity index (χ1) is 19.8. The molecular weight excluding hydrogens is 561 g/mol. The number of nitrogens with zero attached hydrogens (tertiary/aromatic N) is 3.